The fourth-order valence-electron chi connectivity index (χ4n) is 1.95. The minimum absolute atomic E-state index is 0.00667. The van der Waals surface area contributed by atoms with E-state index in [9.17, 15) is 4.79 Å². The van der Waals surface area contributed by atoms with E-state index in [4.69, 9.17) is 5.73 Å². The zero-order valence-electron chi connectivity index (χ0n) is 9.07. The highest BCUT2D eigenvalue weighted by Gasteiger charge is 2.42. The molecule has 82 valence electrons. The molecule has 15 heavy (non-hydrogen) atoms. The smallest absolute Gasteiger partial charge is 0.217 e. The highest BCUT2D eigenvalue weighted by Crippen LogP contribution is 2.31. The summed E-state index contributed by atoms with van der Waals surface area (Å²) >= 11 is 0. The molecule has 0 spiro atoms. The van der Waals surface area contributed by atoms with Crippen LogP contribution in [-0.2, 0) is 6.54 Å². The number of aromatic nitrogens is 2. The van der Waals surface area contributed by atoms with E-state index in [2.05, 4.69) is 11.9 Å². The van der Waals surface area contributed by atoms with Gasteiger partial charge in [-0.05, 0) is 25.7 Å². The fourth-order valence-corrected chi connectivity index (χ4v) is 1.95. The van der Waals surface area contributed by atoms with Gasteiger partial charge in [-0.25, -0.2) is 4.98 Å². The third kappa shape index (κ3) is 1.69. The van der Waals surface area contributed by atoms with E-state index in [1.54, 1.807) is 6.20 Å². The maximum Gasteiger partial charge on any atom is 0.217 e. The molecule has 2 rings (SSSR count). The van der Waals surface area contributed by atoms with Gasteiger partial charge in [-0.15, -0.1) is 0 Å². The summed E-state index contributed by atoms with van der Waals surface area (Å²) < 4.78 is 1.90. The average Bonchev–Trinajstić information content (AvgIpc) is 2.62. The molecule has 1 aromatic rings. The van der Waals surface area contributed by atoms with Crippen molar-refractivity contribution >= 4 is 5.78 Å². The Kier molecular flexibility index (Phi) is 2.61. The molecule has 0 aromatic carbocycles. The summed E-state index contributed by atoms with van der Waals surface area (Å²) in [6, 6.07) is 0. The monoisotopic (exact) mass is 207 g/mol. The molecule has 1 aromatic heterocycles. The van der Waals surface area contributed by atoms with Gasteiger partial charge in [0.2, 0.25) is 5.78 Å². The molecule has 0 aliphatic heterocycles. The Morgan fingerprint density at radius 2 is 2.40 bits per heavy atom. The van der Waals surface area contributed by atoms with E-state index in [1.807, 2.05) is 10.8 Å². The maximum atomic E-state index is 12.1. The molecule has 1 aliphatic carbocycles. The first kappa shape index (κ1) is 10.4. The van der Waals surface area contributed by atoms with E-state index in [0.29, 0.717) is 5.82 Å². The van der Waals surface area contributed by atoms with Crippen LogP contribution in [0.4, 0.5) is 0 Å². The van der Waals surface area contributed by atoms with Gasteiger partial charge in [0, 0.05) is 18.9 Å². The lowest BCUT2D eigenvalue weighted by molar-refractivity contribution is 0.0784. The SMILES string of the molecule is CCCn1ccnc1C(=O)C1(N)CCC1. The second kappa shape index (κ2) is 3.77. The lowest BCUT2D eigenvalue weighted by Crippen LogP contribution is -2.54. The molecule has 1 aliphatic rings. The summed E-state index contributed by atoms with van der Waals surface area (Å²) in [5.41, 5.74) is 5.37. The van der Waals surface area contributed by atoms with Crippen LogP contribution in [0.15, 0.2) is 12.4 Å². The lowest BCUT2D eigenvalue weighted by Gasteiger charge is -2.35. The molecule has 4 heteroatoms. The molecule has 1 heterocycles. The van der Waals surface area contributed by atoms with Crippen molar-refractivity contribution in [1.82, 2.24) is 9.55 Å². The Morgan fingerprint density at radius 3 is 2.93 bits per heavy atom. The maximum absolute atomic E-state index is 12.1. The normalized spacial score (nSPS) is 18.5. The van der Waals surface area contributed by atoms with Crippen molar-refractivity contribution in [2.75, 3.05) is 0 Å². The molecule has 0 atom stereocenters. The molecule has 0 amide bonds. The van der Waals surface area contributed by atoms with Crippen LogP contribution in [-0.4, -0.2) is 20.9 Å². The molecule has 4 nitrogen and oxygen atoms in total. The largest absolute Gasteiger partial charge is 0.328 e. The molecule has 0 unspecified atom stereocenters. The standard InChI is InChI=1S/C11H17N3O/c1-2-7-14-8-6-13-10(14)9(15)11(12)4-3-5-11/h6,8H,2-5,7,12H2,1H3. The summed E-state index contributed by atoms with van der Waals surface area (Å²) in [5, 5.41) is 0. The van der Waals surface area contributed by atoms with E-state index < -0.39 is 5.54 Å². The number of aryl methyl sites for hydroxylation is 1. The summed E-state index contributed by atoms with van der Waals surface area (Å²) in [7, 11) is 0. The van der Waals surface area contributed by atoms with Crippen LogP contribution in [0.1, 0.15) is 43.2 Å². The van der Waals surface area contributed by atoms with Crippen molar-refractivity contribution in [2.45, 2.75) is 44.7 Å². The number of hydrogen-bond acceptors (Lipinski definition) is 3. The average molecular weight is 207 g/mol. The van der Waals surface area contributed by atoms with Crippen LogP contribution in [0.2, 0.25) is 0 Å². The Bertz CT molecular complexity index is 366. The first-order valence-electron chi connectivity index (χ1n) is 5.52. The third-order valence-electron chi connectivity index (χ3n) is 3.08. The zero-order chi connectivity index (χ0) is 10.9. The predicted molar refractivity (Wildman–Crippen MR) is 57.6 cm³/mol. The second-order valence-corrected chi connectivity index (χ2v) is 4.28. The Labute approximate surface area is 89.5 Å². The van der Waals surface area contributed by atoms with Gasteiger partial charge in [0.15, 0.2) is 5.82 Å². The molecule has 2 N–H and O–H groups in total. The summed E-state index contributed by atoms with van der Waals surface area (Å²) in [6.45, 7) is 2.91. The number of carbonyl (C=O) groups excluding carboxylic acids is 1. The van der Waals surface area contributed by atoms with Gasteiger partial charge >= 0.3 is 0 Å². The second-order valence-electron chi connectivity index (χ2n) is 4.28. The summed E-state index contributed by atoms with van der Waals surface area (Å²) in [4.78, 5) is 16.2. The van der Waals surface area contributed by atoms with E-state index in [-0.39, 0.29) is 5.78 Å². The number of nitrogens with two attached hydrogens (primary N) is 1. The quantitative estimate of drug-likeness (QED) is 0.758. The molecule has 0 bridgehead atoms. The first-order chi connectivity index (χ1) is 7.17. The van der Waals surface area contributed by atoms with Gasteiger partial charge < -0.3 is 10.3 Å². The minimum Gasteiger partial charge on any atom is -0.328 e. The van der Waals surface area contributed by atoms with Gasteiger partial charge in [-0.2, -0.15) is 0 Å². The van der Waals surface area contributed by atoms with E-state index in [1.165, 1.54) is 0 Å². The first-order valence-corrected chi connectivity index (χ1v) is 5.52. The van der Waals surface area contributed by atoms with Crippen molar-refractivity contribution in [3.8, 4) is 0 Å². The third-order valence-corrected chi connectivity index (χ3v) is 3.08. The summed E-state index contributed by atoms with van der Waals surface area (Å²) in [5.74, 6) is 0.534. The fraction of sp³-hybridized carbons (Fsp3) is 0.636. The Hall–Kier alpha value is -1.16. The summed E-state index contributed by atoms with van der Waals surface area (Å²) in [6.07, 6.45) is 7.16. The highest BCUT2D eigenvalue weighted by molar-refractivity contribution is 6.01. The van der Waals surface area contributed by atoms with Crippen LogP contribution in [0, 0.1) is 0 Å². The van der Waals surface area contributed by atoms with Gasteiger partial charge in [0.05, 0.1) is 5.54 Å². The van der Waals surface area contributed by atoms with E-state index in [0.717, 1.165) is 32.2 Å². The predicted octanol–water partition coefficient (Wildman–Crippen LogP) is 1.36. The lowest BCUT2D eigenvalue weighted by atomic mass is 9.74. The highest BCUT2D eigenvalue weighted by atomic mass is 16.1. The van der Waals surface area contributed by atoms with Crippen LogP contribution >= 0.6 is 0 Å². The van der Waals surface area contributed by atoms with Crippen LogP contribution in [0.25, 0.3) is 0 Å². The van der Waals surface area contributed by atoms with Crippen molar-refractivity contribution < 1.29 is 4.79 Å². The number of Topliss-reactive ketones (excluding diaryl/α,β-unsaturated/α-hetero) is 1. The topological polar surface area (TPSA) is 60.9 Å². The van der Waals surface area contributed by atoms with Gasteiger partial charge in [0.1, 0.15) is 0 Å². The number of imidazole rings is 1. The number of ketones is 1. The van der Waals surface area contributed by atoms with Crippen LogP contribution in [0.5, 0.6) is 0 Å². The zero-order valence-corrected chi connectivity index (χ0v) is 9.07. The molecular formula is C11H17N3O. The van der Waals surface area contributed by atoms with Gasteiger partial charge in [-0.1, -0.05) is 6.92 Å². The van der Waals surface area contributed by atoms with Gasteiger partial charge in [0.25, 0.3) is 0 Å². The molecule has 0 saturated heterocycles. The number of nitrogens with zero attached hydrogens (tertiary/aromatic N) is 2. The van der Waals surface area contributed by atoms with Crippen molar-refractivity contribution in [3.63, 3.8) is 0 Å². The minimum atomic E-state index is -0.628. The van der Waals surface area contributed by atoms with E-state index >= 15 is 0 Å². The number of carbonyl (C=O) groups is 1. The molecule has 1 fully saturated rings. The van der Waals surface area contributed by atoms with Gasteiger partial charge in [-0.3, -0.25) is 4.79 Å². The Balaban J connectivity index is 2.21. The molecular weight excluding hydrogens is 190 g/mol. The number of hydrogen-bond donors (Lipinski definition) is 1. The van der Waals surface area contributed by atoms with Crippen molar-refractivity contribution in [2.24, 2.45) is 5.73 Å². The van der Waals surface area contributed by atoms with Crippen molar-refractivity contribution in [1.29, 1.82) is 0 Å². The molecule has 1 saturated carbocycles. The molecule has 0 radical (unpaired) electrons. The van der Waals surface area contributed by atoms with Crippen LogP contribution < -0.4 is 5.73 Å². The Morgan fingerprint density at radius 1 is 1.67 bits per heavy atom. The van der Waals surface area contributed by atoms with Crippen LogP contribution in [0.3, 0.4) is 0 Å². The number of rotatable bonds is 4. The van der Waals surface area contributed by atoms with Crippen molar-refractivity contribution in [3.05, 3.63) is 18.2 Å².